The number of hydrogen-bond donors (Lipinski definition) is 2. The van der Waals surface area contributed by atoms with Gasteiger partial charge in [-0.1, -0.05) is 45.8 Å². The maximum absolute atomic E-state index is 10.4. The maximum Gasteiger partial charge on any atom is 0.100 e. The van der Waals surface area contributed by atoms with Gasteiger partial charge in [-0.15, -0.1) is 0 Å². The first-order valence-corrected chi connectivity index (χ1v) is 8.25. The van der Waals surface area contributed by atoms with E-state index < -0.39 is 0 Å². The minimum Gasteiger partial charge on any atom is -0.356 e. The summed E-state index contributed by atoms with van der Waals surface area (Å²) >= 11 is 3.55. The van der Waals surface area contributed by atoms with Crippen LogP contribution in [0.5, 0.6) is 0 Å². The monoisotopic (exact) mass is 356 g/mol. The maximum atomic E-state index is 10.4. The van der Waals surface area contributed by atoms with Crippen molar-refractivity contribution >= 4 is 26.8 Å². The zero-order chi connectivity index (χ0) is 15.3. The van der Waals surface area contributed by atoms with Gasteiger partial charge in [-0.05, 0) is 42.7 Å². The number of aromatic nitrogens is 1. The lowest BCUT2D eigenvalue weighted by Gasteiger charge is -2.31. The molecule has 0 spiro atoms. The molecule has 1 aliphatic heterocycles. The Kier molecular flexibility index (Phi) is 3.33. The predicted molar refractivity (Wildman–Crippen MR) is 91.2 cm³/mol. The van der Waals surface area contributed by atoms with Gasteiger partial charge in [-0.3, -0.25) is 0 Å². The van der Waals surface area contributed by atoms with Crippen LogP contribution >= 0.6 is 15.9 Å². The molecule has 4 heteroatoms. The third-order valence-electron chi connectivity index (χ3n) is 4.46. The van der Waals surface area contributed by atoms with E-state index in [0.29, 0.717) is 6.54 Å². The first-order chi connectivity index (χ1) is 10.6. The highest BCUT2D eigenvalue weighted by molar-refractivity contribution is 9.10. The Labute approximate surface area is 137 Å². The number of rotatable bonds is 1. The molecule has 0 saturated heterocycles. The number of aromatic amines is 1. The molecule has 1 aliphatic rings. The largest absolute Gasteiger partial charge is 0.356 e. The molecular weight excluding hydrogens is 340 g/mol. The van der Waals surface area contributed by atoms with Gasteiger partial charge in [0.25, 0.3) is 0 Å². The van der Waals surface area contributed by atoms with Crippen LogP contribution < -0.4 is 0 Å². The summed E-state index contributed by atoms with van der Waals surface area (Å²) in [7, 11) is 0. The second-order valence-corrected chi connectivity index (χ2v) is 6.85. The van der Waals surface area contributed by atoms with Crippen molar-refractivity contribution in [3.63, 3.8) is 0 Å². The number of nitrogens with one attached hydrogen (secondary N) is 1. The van der Waals surface area contributed by atoms with Gasteiger partial charge >= 0.3 is 0 Å². The molecule has 22 heavy (non-hydrogen) atoms. The minimum absolute atomic E-state index is 0.129. The molecule has 3 nitrogen and oxygen atoms in total. The SMILES string of the molecule is Cc1ccc([C@H]2c3[nH]c4ccc(Br)cc4c3CCN2O)cc1. The molecule has 2 N–H and O–H groups in total. The molecule has 0 fully saturated rings. The summed E-state index contributed by atoms with van der Waals surface area (Å²) in [6.07, 6.45) is 0.852. The molecule has 0 unspecified atom stereocenters. The van der Waals surface area contributed by atoms with Crippen molar-refractivity contribution in [3.8, 4) is 0 Å². The third kappa shape index (κ3) is 2.19. The van der Waals surface area contributed by atoms with Gasteiger partial charge in [-0.2, -0.15) is 5.06 Å². The zero-order valence-corrected chi connectivity index (χ0v) is 13.9. The number of hydrogen-bond acceptors (Lipinski definition) is 2. The number of hydroxylamine groups is 2. The average Bonchev–Trinajstić information content (AvgIpc) is 2.86. The standard InChI is InChI=1S/C18H17BrN2O/c1-11-2-4-12(5-3-11)18-17-14(8-9-21(18)22)15-10-13(19)6-7-16(15)20-17/h2-7,10,18,20,22H,8-9H2,1H3/t18-/m0/s1. The van der Waals surface area contributed by atoms with E-state index in [2.05, 4.69) is 64.2 Å². The fourth-order valence-corrected chi connectivity index (χ4v) is 3.70. The van der Waals surface area contributed by atoms with Crippen molar-refractivity contribution in [2.75, 3.05) is 6.54 Å². The predicted octanol–water partition coefficient (Wildman–Crippen LogP) is 4.58. The summed E-state index contributed by atoms with van der Waals surface area (Å²) in [5, 5.41) is 13.1. The molecule has 2 heterocycles. The van der Waals surface area contributed by atoms with Gasteiger partial charge in [-0.25, -0.2) is 0 Å². The normalized spacial score (nSPS) is 18.6. The molecule has 0 amide bonds. The molecule has 0 aliphatic carbocycles. The van der Waals surface area contributed by atoms with E-state index in [1.54, 1.807) is 0 Å². The first-order valence-electron chi connectivity index (χ1n) is 7.45. The number of aryl methyl sites for hydroxylation is 1. The Bertz CT molecular complexity index is 838. The molecule has 1 atom stereocenters. The van der Waals surface area contributed by atoms with Crippen molar-refractivity contribution in [2.45, 2.75) is 19.4 Å². The second-order valence-electron chi connectivity index (χ2n) is 5.93. The van der Waals surface area contributed by atoms with E-state index in [0.717, 1.165) is 27.7 Å². The topological polar surface area (TPSA) is 39.3 Å². The van der Waals surface area contributed by atoms with Gasteiger partial charge in [0.2, 0.25) is 0 Å². The Morgan fingerprint density at radius 1 is 1.18 bits per heavy atom. The summed E-state index contributed by atoms with van der Waals surface area (Å²) in [6, 6.07) is 14.5. The highest BCUT2D eigenvalue weighted by Crippen LogP contribution is 2.38. The molecule has 3 aromatic rings. The van der Waals surface area contributed by atoms with Crippen molar-refractivity contribution in [1.82, 2.24) is 10.0 Å². The average molecular weight is 357 g/mol. The van der Waals surface area contributed by atoms with Crippen LogP contribution in [-0.2, 0) is 6.42 Å². The highest BCUT2D eigenvalue weighted by atomic mass is 79.9. The lowest BCUT2D eigenvalue weighted by molar-refractivity contribution is -0.122. The second kappa shape index (κ2) is 5.23. The van der Waals surface area contributed by atoms with Crippen molar-refractivity contribution in [3.05, 3.63) is 69.3 Å². The number of benzene rings is 2. The van der Waals surface area contributed by atoms with Gasteiger partial charge in [0.1, 0.15) is 6.04 Å². The van der Waals surface area contributed by atoms with E-state index in [1.807, 2.05) is 6.07 Å². The van der Waals surface area contributed by atoms with Gasteiger partial charge in [0.15, 0.2) is 0 Å². The quantitative estimate of drug-likeness (QED) is 0.669. The smallest absolute Gasteiger partial charge is 0.100 e. The molecule has 4 rings (SSSR count). The Hall–Kier alpha value is -1.62. The summed E-state index contributed by atoms with van der Waals surface area (Å²) in [5.74, 6) is 0. The van der Waals surface area contributed by atoms with E-state index in [-0.39, 0.29) is 6.04 Å². The number of halogens is 1. The molecule has 1 aromatic heterocycles. The third-order valence-corrected chi connectivity index (χ3v) is 4.95. The summed E-state index contributed by atoms with van der Waals surface area (Å²) < 4.78 is 1.08. The van der Waals surface area contributed by atoms with Crippen LogP contribution in [-0.4, -0.2) is 21.8 Å². The minimum atomic E-state index is -0.129. The van der Waals surface area contributed by atoms with Gasteiger partial charge < -0.3 is 10.2 Å². The van der Waals surface area contributed by atoms with Crippen molar-refractivity contribution < 1.29 is 5.21 Å². The number of H-pyrrole nitrogens is 1. The molecule has 0 bridgehead atoms. The highest BCUT2D eigenvalue weighted by Gasteiger charge is 2.30. The van der Waals surface area contributed by atoms with Crippen LogP contribution in [0.1, 0.15) is 28.4 Å². The van der Waals surface area contributed by atoms with Crippen LogP contribution in [0.25, 0.3) is 10.9 Å². The first kappa shape index (κ1) is 14.0. The van der Waals surface area contributed by atoms with E-state index in [9.17, 15) is 5.21 Å². The summed E-state index contributed by atoms with van der Waals surface area (Å²) in [4.78, 5) is 3.51. The lowest BCUT2D eigenvalue weighted by Crippen LogP contribution is -2.33. The number of fused-ring (bicyclic) bond motifs is 3. The van der Waals surface area contributed by atoms with E-state index in [4.69, 9.17) is 0 Å². The van der Waals surface area contributed by atoms with Crippen LogP contribution in [0.2, 0.25) is 0 Å². The van der Waals surface area contributed by atoms with Crippen molar-refractivity contribution in [2.24, 2.45) is 0 Å². The summed E-state index contributed by atoms with van der Waals surface area (Å²) in [6.45, 7) is 2.72. The van der Waals surface area contributed by atoms with Crippen molar-refractivity contribution in [1.29, 1.82) is 0 Å². The zero-order valence-electron chi connectivity index (χ0n) is 12.3. The molecule has 0 saturated carbocycles. The Morgan fingerprint density at radius 2 is 1.95 bits per heavy atom. The fourth-order valence-electron chi connectivity index (χ4n) is 3.34. The van der Waals surface area contributed by atoms with Crippen LogP contribution in [0.3, 0.4) is 0 Å². The molecule has 2 aromatic carbocycles. The fraction of sp³-hybridized carbons (Fsp3) is 0.222. The molecule has 112 valence electrons. The van der Waals surface area contributed by atoms with E-state index in [1.165, 1.54) is 21.6 Å². The van der Waals surface area contributed by atoms with Crippen LogP contribution in [0.4, 0.5) is 0 Å². The lowest BCUT2D eigenvalue weighted by atomic mass is 9.93. The molecular formula is C18H17BrN2O. The van der Waals surface area contributed by atoms with Crippen LogP contribution in [0, 0.1) is 6.92 Å². The molecule has 0 radical (unpaired) electrons. The van der Waals surface area contributed by atoms with E-state index >= 15 is 0 Å². The van der Waals surface area contributed by atoms with Gasteiger partial charge in [0.05, 0.1) is 0 Å². The Morgan fingerprint density at radius 3 is 2.73 bits per heavy atom. The summed E-state index contributed by atoms with van der Waals surface area (Å²) in [5.41, 5.74) is 5.88. The van der Waals surface area contributed by atoms with Gasteiger partial charge in [0, 0.05) is 27.6 Å². The number of nitrogens with zero attached hydrogens (tertiary/aromatic N) is 1. The Balaban J connectivity index is 1.91. The van der Waals surface area contributed by atoms with Crippen LogP contribution in [0.15, 0.2) is 46.9 Å².